The molecule has 0 aliphatic heterocycles. The second-order valence-corrected chi connectivity index (χ2v) is 7.46. The van der Waals surface area contributed by atoms with Crippen LogP contribution in [0.1, 0.15) is 39.7 Å². The van der Waals surface area contributed by atoms with Gasteiger partial charge in [-0.05, 0) is 45.8 Å². The number of aliphatic imine (C=N–C) groups is 1. The molecule has 150 valence electrons. The summed E-state index contributed by atoms with van der Waals surface area (Å²) < 4.78 is 0. The van der Waals surface area contributed by atoms with Gasteiger partial charge in [-0.1, -0.05) is 44.2 Å². The lowest BCUT2D eigenvalue weighted by atomic mass is 9.96. The fourth-order valence-corrected chi connectivity index (χ4v) is 2.70. The molecule has 0 heterocycles. The zero-order valence-corrected chi connectivity index (χ0v) is 19.5. The first kappa shape index (κ1) is 25.1. The molecule has 0 saturated carbocycles. The summed E-state index contributed by atoms with van der Waals surface area (Å²) in [6.45, 7) is 10.3. The first-order chi connectivity index (χ1) is 11.8. The Kier molecular flexibility index (Phi) is 12.1. The number of rotatable bonds is 9. The fraction of sp³-hybridized carbons (Fsp3) is 0.650. The van der Waals surface area contributed by atoms with Crippen molar-refractivity contribution in [1.29, 1.82) is 0 Å². The summed E-state index contributed by atoms with van der Waals surface area (Å²) in [5.41, 5.74) is -0.108. The van der Waals surface area contributed by atoms with E-state index in [-0.39, 0.29) is 24.0 Å². The number of guanidine groups is 1. The second kappa shape index (κ2) is 12.5. The van der Waals surface area contributed by atoms with Crippen molar-refractivity contribution in [3.05, 3.63) is 35.9 Å². The summed E-state index contributed by atoms with van der Waals surface area (Å²) in [7, 11) is 4.22. The zero-order valence-electron chi connectivity index (χ0n) is 17.1. The molecular formula is C20H37IN4O. The van der Waals surface area contributed by atoms with Gasteiger partial charge in [-0.25, -0.2) is 4.99 Å². The number of likely N-dealkylation sites (N-methyl/N-ethyl adjacent to an activating group) is 1. The fourth-order valence-electron chi connectivity index (χ4n) is 2.70. The Morgan fingerprint density at radius 1 is 1.19 bits per heavy atom. The van der Waals surface area contributed by atoms with Crippen LogP contribution in [0.3, 0.4) is 0 Å². The van der Waals surface area contributed by atoms with Crippen LogP contribution in [0.4, 0.5) is 0 Å². The van der Waals surface area contributed by atoms with Crippen molar-refractivity contribution in [3.8, 4) is 0 Å². The minimum atomic E-state index is -0.984. The van der Waals surface area contributed by atoms with Crippen molar-refractivity contribution < 1.29 is 5.11 Å². The molecule has 0 aliphatic carbocycles. The number of benzene rings is 1. The van der Waals surface area contributed by atoms with E-state index < -0.39 is 5.60 Å². The molecule has 1 rings (SSSR count). The van der Waals surface area contributed by atoms with Crippen molar-refractivity contribution in [2.45, 2.75) is 45.8 Å². The molecule has 2 atom stereocenters. The maximum absolute atomic E-state index is 10.7. The van der Waals surface area contributed by atoms with Crippen molar-refractivity contribution in [2.24, 2.45) is 10.9 Å². The van der Waals surface area contributed by atoms with E-state index in [0.717, 1.165) is 31.0 Å². The Balaban J connectivity index is 0.00000625. The monoisotopic (exact) mass is 476 g/mol. The van der Waals surface area contributed by atoms with Gasteiger partial charge in [0, 0.05) is 19.1 Å². The highest BCUT2D eigenvalue weighted by Gasteiger charge is 2.22. The molecule has 0 saturated heterocycles. The molecule has 3 N–H and O–H groups in total. The summed E-state index contributed by atoms with van der Waals surface area (Å²) >= 11 is 0. The topological polar surface area (TPSA) is 59.9 Å². The molecule has 0 fully saturated rings. The summed E-state index contributed by atoms with van der Waals surface area (Å²) in [6, 6.07) is 10.1. The lowest BCUT2D eigenvalue weighted by molar-refractivity contribution is 0.0672. The maximum atomic E-state index is 10.7. The van der Waals surface area contributed by atoms with E-state index in [2.05, 4.69) is 48.5 Å². The molecule has 0 radical (unpaired) electrons. The van der Waals surface area contributed by atoms with Crippen LogP contribution in [-0.4, -0.2) is 55.7 Å². The van der Waals surface area contributed by atoms with Crippen LogP contribution in [0.5, 0.6) is 0 Å². The first-order valence-electron chi connectivity index (χ1n) is 9.22. The largest absolute Gasteiger partial charge is 0.384 e. The highest BCUT2D eigenvalue weighted by atomic mass is 127. The molecular weight excluding hydrogens is 439 g/mol. The third-order valence-corrected chi connectivity index (χ3v) is 4.26. The molecule has 1 aromatic carbocycles. The smallest absolute Gasteiger partial charge is 0.191 e. The van der Waals surface area contributed by atoms with E-state index in [1.807, 2.05) is 37.3 Å². The van der Waals surface area contributed by atoms with Gasteiger partial charge in [-0.15, -0.1) is 24.0 Å². The van der Waals surface area contributed by atoms with Crippen LogP contribution in [0, 0.1) is 5.92 Å². The molecule has 0 aromatic heterocycles. The molecule has 2 unspecified atom stereocenters. The van der Waals surface area contributed by atoms with E-state index in [1.54, 1.807) is 6.92 Å². The minimum absolute atomic E-state index is 0. The lowest BCUT2D eigenvalue weighted by Crippen LogP contribution is -2.46. The van der Waals surface area contributed by atoms with Gasteiger partial charge < -0.3 is 20.6 Å². The van der Waals surface area contributed by atoms with E-state index in [0.29, 0.717) is 18.5 Å². The third-order valence-electron chi connectivity index (χ3n) is 4.26. The van der Waals surface area contributed by atoms with E-state index >= 15 is 0 Å². The predicted octanol–water partition coefficient (Wildman–Crippen LogP) is 3.04. The second-order valence-electron chi connectivity index (χ2n) is 7.46. The van der Waals surface area contributed by atoms with Gasteiger partial charge >= 0.3 is 0 Å². The molecule has 26 heavy (non-hydrogen) atoms. The average molecular weight is 476 g/mol. The van der Waals surface area contributed by atoms with E-state index in [1.165, 1.54) is 0 Å². The highest BCUT2D eigenvalue weighted by molar-refractivity contribution is 14.0. The normalized spacial score (nSPS) is 15.3. The predicted molar refractivity (Wildman–Crippen MR) is 122 cm³/mol. The molecule has 0 spiro atoms. The SMILES string of the molecule is CCNC(=NCC(C)(O)c1ccccc1)NCC(CC(C)C)N(C)C.I. The first-order valence-corrected chi connectivity index (χ1v) is 9.22. The van der Waals surface area contributed by atoms with Crippen LogP contribution in [0.2, 0.25) is 0 Å². The number of halogens is 1. The molecule has 0 bridgehead atoms. The van der Waals surface area contributed by atoms with Gasteiger partial charge in [0.05, 0.1) is 6.54 Å². The van der Waals surface area contributed by atoms with Crippen LogP contribution >= 0.6 is 24.0 Å². The summed E-state index contributed by atoms with van der Waals surface area (Å²) in [5, 5.41) is 17.4. The Labute approximate surface area is 176 Å². The van der Waals surface area contributed by atoms with Crippen molar-refractivity contribution in [1.82, 2.24) is 15.5 Å². The van der Waals surface area contributed by atoms with Gasteiger partial charge in [-0.2, -0.15) is 0 Å². The molecule has 0 amide bonds. The van der Waals surface area contributed by atoms with Crippen molar-refractivity contribution in [2.75, 3.05) is 33.7 Å². The van der Waals surface area contributed by atoms with Gasteiger partial charge in [0.15, 0.2) is 5.96 Å². The van der Waals surface area contributed by atoms with Crippen LogP contribution in [0.25, 0.3) is 0 Å². The van der Waals surface area contributed by atoms with Crippen molar-refractivity contribution >= 4 is 29.9 Å². The average Bonchev–Trinajstić information content (AvgIpc) is 2.56. The quantitative estimate of drug-likeness (QED) is 0.291. The number of hydrogen-bond acceptors (Lipinski definition) is 3. The van der Waals surface area contributed by atoms with Gasteiger partial charge in [0.1, 0.15) is 5.60 Å². The molecule has 6 heteroatoms. The summed E-state index contributed by atoms with van der Waals surface area (Å²) in [6.07, 6.45) is 1.13. The Morgan fingerprint density at radius 2 is 1.81 bits per heavy atom. The number of nitrogens with zero attached hydrogens (tertiary/aromatic N) is 2. The lowest BCUT2D eigenvalue weighted by Gasteiger charge is -2.27. The van der Waals surface area contributed by atoms with Gasteiger partial charge in [0.25, 0.3) is 0 Å². The summed E-state index contributed by atoms with van der Waals surface area (Å²) in [5.74, 6) is 1.39. The highest BCUT2D eigenvalue weighted by Crippen LogP contribution is 2.20. The van der Waals surface area contributed by atoms with Gasteiger partial charge in [-0.3, -0.25) is 0 Å². The molecule has 5 nitrogen and oxygen atoms in total. The third kappa shape index (κ3) is 9.19. The maximum Gasteiger partial charge on any atom is 0.191 e. The Morgan fingerprint density at radius 3 is 2.31 bits per heavy atom. The number of aliphatic hydroxyl groups is 1. The molecule has 0 aliphatic rings. The molecule has 1 aromatic rings. The standard InChI is InChI=1S/C20H36N4O.HI/c1-7-21-19(22-14-18(24(5)6)13-16(2)3)23-15-20(4,25)17-11-9-8-10-12-17;/h8-12,16,18,25H,7,13-15H2,1-6H3,(H2,21,22,23);1H. The number of nitrogens with one attached hydrogen (secondary N) is 2. The zero-order chi connectivity index (χ0) is 18.9. The van der Waals surface area contributed by atoms with Crippen molar-refractivity contribution in [3.63, 3.8) is 0 Å². The summed E-state index contributed by atoms with van der Waals surface area (Å²) in [4.78, 5) is 6.84. The van der Waals surface area contributed by atoms with E-state index in [9.17, 15) is 5.11 Å². The Hall–Kier alpha value is -0.860. The van der Waals surface area contributed by atoms with Gasteiger partial charge in [0.2, 0.25) is 0 Å². The minimum Gasteiger partial charge on any atom is -0.384 e. The van der Waals surface area contributed by atoms with Crippen LogP contribution in [0.15, 0.2) is 35.3 Å². The Bertz CT molecular complexity index is 518. The van der Waals surface area contributed by atoms with Crippen LogP contribution in [-0.2, 0) is 5.60 Å². The number of hydrogen-bond donors (Lipinski definition) is 3. The van der Waals surface area contributed by atoms with Crippen LogP contribution < -0.4 is 10.6 Å². The van der Waals surface area contributed by atoms with E-state index in [4.69, 9.17) is 0 Å².